The van der Waals surface area contributed by atoms with Crippen LogP contribution in [0.5, 0.6) is 0 Å². The smallest absolute Gasteiger partial charge is 0.224 e. The Bertz CT molecular complexity index is 339. The number of carbonyl (C=O) groups is 1. The number of nitrogens with one attached hydrogen (secondary N) is 1. The van der Waals surface area contributed by atoms with Crippen LogP contribution < -0.4 is 11.1 Å². The average molecular weight is 208 g/mol. The van der Waals surface area contributed by atoms with Gasteiger partial charge in [0.2, 0.25) is 5.91 Å². The minimum absolute atomic E-state index is 0.0529. The standard InChI is InChI=1S/C11H16N2O2/c1-8(7-14)13-11(15)6-9-3-2-4-10(12)5-9/h2-5,8,14H,6-7,12H2,1H3,(H,13,15). The van der Waals surface area contributed by atoms with Gasteiger partial charge < -0.3 is 16.2 Å². The Morgan fingerprint density at radius 3 is 2.93 bits per heavy atom. The van der Waals surface area contributed by atoms with Crippen molar-refractivity contribution in [2.45, 2.75) is 19.4 Å². The summed E-state index contributed by atoms with van der Waals surface area (Å²) in [5.74, 6) is -0.109. The highest BCUT2D eigenvalue weighted by molar-refractivity contribution is 5.79. The van der Waals surface area contributed by atoms with Crippen LogP contribution >= 0.6 is 0 Å². The van der Waals surface area contributed by atoms with Crippen molar-refractivity contribution in [3.8, 4) is 0 Å². The second-order valence-electron chi connectivity index (χ2n) is 3.57. The van der Waals surface area contributed by atoms with Gasteiger partial charge in [-0.3, -0.25) is 4.79 Å². The van der Waals surface area contributed by atoms with Crippen LogP contribution in [0.1, 0.15) is 12.5 Å². The molecule has 0 spiro atoms. The van der Waals surface area contributed by atoms with E-state index in [1.54, 1.807) is 19.1 Å². The highest BCUT2D eigenvalue weighted by Gasteiger charge is 2.06. The molecule has 0 fully saturated rings. The maximum absolute atomic E-state index is 11.4. The number of aliphatic hydroxyl groups is 1. The molecule has 0 aliphatic carbocycles. The fourth-order valence-electron chi connectivity index (χ4n) is 1.26. The molecule has 4 heteroatoms. The number of amides is 1. The molecule has 0 aliphatic heterocycles. The second kappa shape index (κ2) is 5.36. The van der Waals surface area contributed by atoms with Gasteiger partial charge in [-0.05, 0) is 24.6 Å². The van der Waals surface area contributed by atoms with Gasteiger partial charge in [-0.2, -0.15) is 0 Å². The quantitative estimate of drug-likeness (QED) is 0.623. The molecule has 0 aromatic heterocycles. The van der Waals surface area contributed by atoms with Gasteiger partial charge in [0, 0.05) is 11.7 Å². The molecule has 1 aromatic rings. The number of nitrogen functional groups attached to an aromatic ring is 1. The predicted octanol–water partition coefficient (Wildman–Crippen LogP) is 0.308. The third-order valence-corrected chi connectivity index (χ3v) is 2.00. The van der Waals surface area contributed by atoms with E-state index in [0.717, 1.165) is 5.56 Å². The first-order chi connectivity index (χ1) is 7.11. The van der Waals surface area contributed by atoms with Crippen LogP contribution in [0, 0.1) is 0 Å². The van der Waals surface area contributed by atoms with Crippen LogP contribution in [0.25, 0.3) is 0 Å². The van der Waals surface area contributed by atoms with Crippen molar-refractivity contribution in [1.29, 1.82) is 0 Å². The van der Waals surface area contributed by atoms with Gasteiger partial charge in [0.1, 0.15) is 0 Å². The minimum atomic E-state index is -0.210. The van der Waals surface area contributed by atoms with E-state index in [-0.39, 0.29) is 25.0 Å². The number of hydrogen-bond acceptors (Lipinski definition) is 3. The Morgan fingerprint density at radius 2 is 2.33 bits per heavy atom. The summed E-state index contributed by atoms with van der Waals surface area (Å²) in [5, 5.41) is 11.4. The first kappa shape index (κ1) is 11.5. The molecule has 4 nitrogen and oxygen atoms in total. The highest BCUT2D eigenvalue weighted by Crippen LogP contribution is 2.06. The van der Waals surface area contributed by atoms with Crippen molar-refractivity contribution < 1.29 is 9.90 Å². The van der Waals surface area contributed by atoms with Crippen molar-refractivity contribution >= 4 is 11.6 Å². The predicted molar refractivity (Wildman–Crippen MR) is 59.2 cm³/mol. The first-order valence-corrected chi connectivity index (χ1v) is 4.86. The van der Waals surface area contributed by atoms with E-state index in [4.69, 9.17) is 10.8 Å². The van der Waals surface area contributed by atoms with Crippen LogP contribution in [0.2, 0.25) is 0 Å². The topological polar surface area (TPSA) is 75.3 Å². The summed E-state index contributed by atoms with van der Waals surface area (Å²) in [6.07, 6.45) is 0.287. The van der Waals surface area contributed by atoms with Gasteiger partial charge in [0.15, 0.2) is 0 Å². The molecule has 82 valence electrons. The zero-order chi connectivity index (χ0) is 11.3. The number of carbonyl (C=O) groups excluding carboxylic acids is 1. The number of rotatable bonds is 4. The number of hydrogen-bond donors (Lipinski definition) is 3. The summed E-state index contributed by atoms with van der Waals surface area (Å²) >= 11 is 0. The molecule has 1 atom stereocenters. The van der Waals surface area contributed by atoms with Crippen LogP contribution in [0.4, 0.5) is 5.69 Å². The van der Waals surface area contributed by atoms with E-state index in [1.807, 2.05) is 12.1 Å². The summed E-state index contributed by atoms with van der Waals surface area (Å²) in [5.41, 5.74) is 7.11. The van der Waals surface area contributed by atoms with E-state index in [2.05, 4.69) is 5.32 Å². The van der Waals surface area contributed by atoms with Crippen LogP contribution in [0.15, 0.2) is 24.3 Å². The van der Waals surface area contributed by atoms with Crippen molar-refractivity contribution in [2.24, 2.45) is 0 Å². The number of aliphatic hydroxyl groups excluding tert-OH is 1. The summed E-state index contributed by atoms with van der Waals surface area (Å²) in [6.45, 7) is 1.69. The molecule has 0 heterocycles. The fourth-order valence-corrected chi connectivity index (χ4v) is 1.26. The van der Waals surface area contributed by atoms with Gasteiger partial charge in [-0.25, -0.2) is 0 Å². The van der Waals surface area contributed by atoms with Crippen LogP contribution in [-0.2, 0) is 11.2 Å². The normalized spacial score (nSPS) is 12.1. The van der Waals surface area contributed by atoms with Gasteiger partial charge in [-0.15, -0.1) is 0 Å². The van der Waals surface area contributed by atoms with Gasteiger partial charge in [-0.1, -0.05) is 12.1 Å². The molecule has 1 amide bonds. The maximum atomic E-state index is 11.4. The lowest BCUT2D eigenvalue weighted by molar-refractivity contribution is -0.121. The molecule has 0 aliphatic rings. The molecule has 1 aromatic carbocycles. The lowest BCUT2D eigenvalue weighted by Crippen LogP contribution is -2.35. The summed E-state index contributed by atoms with van der Waals surface area (Å²) in [7, 11) is 0. The Kier molecular flexibility index (Phi) is 4.12. The molecule has 4 N–H and O–H groups in total. The molecule has 0 radical (unpaired) electrons. The zero-order valence-electron chi connectivity index (χ0n) is 8.73. The third-order valence-electron chi connectivity index (χ3n) is 2.00. The van der Waals surface area contributed by atoms with Gasteiger partial charge in [0.05, 0.1) is 13.0 Å². The molecule has 15 heavy (non-hydrogen) atoms. The lowest BCUT2D eigenvalue weighted by Gasteiger charge is -2.10. The minimum Gasteiger partial charge on any atom is -0.399 e. The van der Waals surface area contributed by atoms with Crippen LogP contribution in [-0.4, -0.2) is 23.7 Å². The molecule has 0 bridgehead atoms. The monoisotopic (exact) mass is 208 g/mol. The molecule has 1 unspecified atom stereocenters. The highest BCUT2D eigenvalue weighted by atomic mass is 16.3. The average Bonchev–Trinajstić information content (AvgIpc) is 2.17. The SMILES string of the molecule is CC(CO)NC(=O)Cc1cccc(N)c1. The maximum Gasteiger partial charge on any atom is 0.224 e. The third kappa shape index (κ3) is 3.99. The lowest BCUT2D eigenvalue weighted by atomic mass is 10.1. The molecular formula is C11H16N2O2. The Morgan fingerprint density at radius 1 is 1.60 bits per heavy atom. The van der Waals surface area contributed by atoms with Crippen LogP contribution in [0.3, 0.4) is 0 Å². The van der Waals surface area contributed by atoms with Crippen molar-refractivity contribution in [3.63, 3.8) is 0 Å². The molecular weight excluding hydrogens is 192 g/mol. The summed E-state index contributed by atoms with van der Waals surface area (Å²) in [6, 6.07) is 6.99. The number of nitrogens with two attached hydrogens (primary N) is 1. The van der Waals surface area contributed by atoms with Crippen molar-refractivity contribution in [2.75, 3.05) is 12.3 Å². The van der Waals surface area contributed by atoms with Gasteiger partial charge >= 0.3 is 0 Å². The molecule has 0 saturated carbocycles. The van der Waals surface area contributed by atoms with Gasteiger partial charge in [0.25, 0.3) is 0 Å². The molecule has 0 saturated heterocycles. The van der Waals surface area contributed by atoms with E-state index in [1.165, 1.54) is 0 Å². The number of benzene rings is 1. The van der Waals surface area contributed by atoms with Crippen molar-refractivity contribution in [1.82, 2.24) is 5.32 Å². The Balaban J connectivity index is 2.51. The summed E-state index contributed by atoms with van der Waals surface area (Å²) < 4.78 is 0. The Hall–Kier alpha value is -1.55. The van der Waals surface area contributed by atoms with E-state index < -0.39 is 0 Å². The number of anilines is 1. The van der Waals surface area contributed by atoms with E-state index in [0.29, 0.717) is 5.69 Å². The van der Waals surface area contributed by atoms with E-state index in [9.17, 15) is 4.79 Å². The summed E-state index contributed by atoms with van der Waals surface area (Å²) in [4.78, 5) is 11.4. The molecule has 1 rings (SSSR count). The first-order valence-electron chi connectivity index (χ1n) is 4.86. The Labute approximate surface area is 89.1 Å². The largest absolute Gasteiger partial charge is 0.399 e. The zero-order valence-corrected chi connectivity index (χ0v) is 8.73. The fraction of sp³-hybridized carbons (Fsp3) is 0.364. The van der Waals surface area contributed by atoms with E-state index >= 15 is 0 Å². The second-order valence-corrected chi connectivity index (χ2v) is 3.57. The van der Waals surface area contributed by atoms with Crippen molar-refractivity contribution in [3.05, 3.63) is 29.8 Å².